The first kappa shape index (κ1) is 17.5. The monoisotopic (exact) mass is 298 g/mol. The molecule has 0 aromatic carbocycles. The van der Waals surface area contributed by atoms with Gasteiger partial charge < -0.3 is 26.4 Å². The molecule has 0 bridgehead atoms. The Kier molecular flexibility index (Phi) is 10.2. The van der Waals surface area contributed by atoms with Crippen LogP contribution in [0.3, 0.4) is 0 Å². The Bertz CT molecular complexity index is 267. The molecule has 0 aliphatic carbocycles. The summed E-state index contributed by atoms with van der Waals surface area (Å²) < 4.78 is 0. The van der Waals surface area contributed by atoms with Crippen molar-refractivity contribution in [2.24, 2.45) is 5.73 Å². The Balaban J connectivity index is 3.76. The lowest BCUT2D eigenvalue weighted by atomic mass is 10.3. The van der Waals surface area contributed by atoms with Crippen molar-refractivity contribution in [3.05, 3.63) is 0 Å². The minimum atomic E-state index is -1.07. The van der Waals surface area contributed by atoms with E-state index >= 15 is 0 Å². The van der Waals surface area contributed by atoms with Gasteiger partial charge in [-0.15, -0.1) is 0 Å². The molecule has 0 aromatic heterocycles. The Morgan fingerprint density at radius 1 is 1.17 bits per heavy atom. The fourth-order valence-electron chi connectivity index (χ4n) is 0.882. The van der Waals surface area contributed by atoms with Crippen molar-refractivity contribution in [3.63, 3.8) is 0 Å². The van der Waals surface area contributed by atoms with E-state index < -0.39 is 24.0 Å². The van der Waals surface area contributed by atoms with Crippen LogP contribution in [0.25, 0.3) is 0 Å². The predicted octanol–water partition coefficient (Wildman–Crippen LogP) is -0.795. The van der Waals surface area contributed by atoms with Gasteiger partial charge in [-0.3, -0.25) is 9.59 Å². The maximum atomic E-state index is 10.9. The van der Waals surface area contributed by atoms with Gasteiger partial charge in [0, 0.05) is 18.1 Å². The van der Waals surface area contributed by atoms with Gasteiger partial charge in [0.25, 0.3) is 0 Å². The Morgan fingerprint density at radius 2 is 1.78 bits per heavy atom. The average Bonchev–Trinajstić information content (AvgIpc) is 2.31. The molecule has 0 fully saturated rings. The molecule has 0 spiro atoms. The molecule has 0 aliphatic rings. The van der Waals surface area contributed by atoms with Crippen molar-refractivity contribution in [2.75, 3.05) is 24.7 Å². The van der Waals surface area contributed by atoms with Crippen molar-refractivity contribution < 1.29 is 24.9 Å². The zero-order chi connectivity index (χ0) is 14.0. The van der Waals surface area contributed by atoms with Crippen LogP contribution in [-0.4, -0.2) is 64.0 Å². The molecule has 0 amide bonds. The van der Waals surface area contributed by atoms with E-state index in [1.165, 1.54) is 21.6 Å². The standard InChI is InChI=1S/C9H18N2O5S2/c10-6(8(13)14)4-17-18-5-7(9(15)16)11-2-1-3-12/h6-7,11-12H,1-5,10H2,(H,13,14)(H,15,16)/t6-,7-/m0/s1. The molecule has 18 heavy (non-hydrogen) atoms. The van der Waals surface area contributed by atoms with E-state index in [4.69, 9.17) is 21.1 Å². The second-order valence-corrected chi connectivity index (χ2v) is 5.99. The largest absolute Gasteiger partial charge is 0.480 e. The second kappa shape index (κ2) is 10.4. The topological polar surface area (TPSA) is 133 Å². The molecule has 2 atom stereocenters. The van der Waals surface area contributed by atoms with Gasteiger partial charge in [0.2, 0.25) is 0 Å². The summed E-state index contributed by atoms with van der Waals surface area (Å²) in [6, 6.07) is -1.65. The third kappa shape index (κ3) is 8.59. The lowest BCUT2D eigenvalue weighted by molar-refractivity contribution is -0.139. The van der Waals surface area contributed by atoms with Gasteiger partial charge >= 0.3 is 11.9 Å². The van der Waals surface area contributed by atoms with E-state index in [0.717, 1.165) is 0 Å². The van der Waals surface area contributed by atoms with Crippen molar-refractivity contribution >= 4 is 33.5 Å². The summed E-state index contributed by atoms with van der Waals surface area (Å²) in [5.41, 5.74) is 5.30. The quantitative estimate of drug-likeness (QED) is 0.246. The highest BCUT2D eigenvalue weighted by Gasteiger charge is 2.17. The van der Waals surface area contributed by atoms with Gasteiger partial charge in [-0.25, -0.2) is 0 Å². The van der Waals surface area contributed by atoms with Crippen LogP contribution in [0, 0.1) is 0 Å². The van der Waals surface area contributed by atoms with Gasteiger partial charge in [0.1, 0.15) is 12.1 Å². The van der Waals surface area contributed by atoms with Crippen LogP contribution >= 0.6 is 21.6 Å². The van der Waals surface area contributed by atoms with Crippen molar-refractivity contribution in [2.45, 2.75) is 18.5 Å². The first-order chi connectivity index (χ1) is 8.49. The summed E-state index contributed by atoms with van der Waals surface area (Å²) in [5.74, 6) is -1.51. The third-order valence-electron chi connectivity index (χ3n) is 1.91. The Hall–Kier alpha value is -0.480. The molecule has 0 aromatic rings. The van der Waals surface area contributed by atoms with Crippen LogP contribution in [0.5, 0.6) is 0 Å². The predicted molar refractivity (Wildman–Crippen MR) is 71.7 cm³/mol. The van der Waals surface area contributed by atoms with E-state index in [1.807, 2.05) is 0 Å². The van der Waals surface area contributed by atoms with Gasteiger partial charge in [0.15, 0.2) is 0 Å². The lowest BCUT2D eigenvalue weighted by Crippen LogP contribution is -2.39. The van der Waals surface area contributed by atoms with E-state index in [2.05, 4.69) is 5.32 Å². The summed E-state index contributed by atoms with van der Waals surface area (Å²) in [6.07, 6.45) is 0.492. The summed E-state index contributed by atoms with van der Waals surface area (Å²) in [5, 5.41) is 28.8. The van der Waals surface area contributed by atoms with E-state index in [0.29, 0.717) is 18.7 Å². The zero-order valence-corrected chi connectivity index (χ0v) is 11.4. The van der Waals surface area contributed by atoms with Crippen LogP contribution < -0.4 is 11.1 Å². The third-order valence-corrected chi connectivity index (χ3v) is 4.35. The number of carboxylic acids is 2. The van der Waals surface area contributed by atoms with Gasteiger partial charge in [0.05, 0.1) is 0 Å². The average molecular weight is 298 g/mol. The maximum Gasteiger partial charge on any atom is 0.321 e. The van der Waals surface area contributed by atoms with Gasteiger partial charge in [-0.2, -0.15) is 0 Å². The number of hydrogen-bond donors (Lipinski definition) is 5. The molecule has 0 rings (SSSR count). The number of nitrogens with one attached hydrogen (secondary N) is 1. The fourth-order valence-corrected chi connectivity index (χ4v) is 3.19. The van der Waals surface area contributed by atoms with Crippen LogP contribution in [0.1, 0.15) is 6.42 Å². The van der Waals surface area contributed by atoms with Crippen molar-refractivity contribution in [3.8, 4) is 0 Å². The summed E-state index contributed by atoms with van der Waals surface area (Å²) in [7, 11) is 2.49. The minimum absolute atomic E-state index is 0.00863. The molecule has 6 N–H and O–H groups in total. The van der Waals surface area contributed by atoms with Crippen molar-refractivity contribution in [1.82, 2.24) is 5.32 Å². The molecule has 0 saturated carbocycles. The van der Waals surface area contributed by atoms with Crippen LogP contribution in [0.4, 0.5) is 0 Å². The number of carbonyl (C=O) groups is 2. The highest BCUT2D eigenvalue weighted by molar-refractivity contribution is 8.76. The summed E-state index contributed by atoms with van der Waals surface area (Å²) in [6.45, 7) is 0.433. The molecular weight excluding hydrogens is 280 g/mol. The van der Waals surface area contributed by atoms with Crippen LogP contribution in [0.15, 0.2) is 0 Å². The SMILES string of the molecule is N[C@@H](CSSC[C@H](NCCCO)C(=O)O)C(=O)O. The van der Waals surface area contributed by atoms with Gasteiger partial charge in [-0.05, 0) is 13.0 Å². The zero-order valence-electron chi connectivity index (χ0n) is 9.74. The molecule has 0 radical (unpaired) electrons. The molecule has 0 unspecified atom stereocenters. The number of hydrogen-bond acceptors (Lipinski definition) is 7. The molecule has 106 valence electrons. The minimum Gasteiger partial charge on any atom is -0.480 e. The molecule has 0 heterocycles. The maximum absolute atomic E-state index is 10.9. The molecular formula is C9H18N2O5S2. The number of aliphatic hydroxyl groups excluding tert-OH is 1. The van der Waals surface area contributed by atoms with Crippen molar-refractivity contribution in [1.29, 1.82) is 0 Å². The Morgan fingerprint density at radius 3 is 2.28 bits per heavy atom. The molecule has 0 aliphatic heterocycles. The summed E-state index contributed by atoms with van der Waals surface area (Å²) in [4.78, 5) is 21.3. The number of aliphatic hydroxyl groups is 1. The molecule has 7 nitrogen and oxygen atoms in total. The van der Waals surface area contributed by atoms with E-state index in [9.17, 15) is 9.59 Å². The number of rotatable bonds is 11. The first-order valence-corrected chi connectivity index (χ1v) is 7.77. The fraction of sp³-hybridized carbons (Fsp3) is 0.778. The number of aliphatic carboxylic acids is 2. The highest BCUT2D eigenvalue weighted by Crippen LogP contribution is 2.22. The normalized spacial score (nSPS) is 14.1. The Labute approximate surface area is 113 Å². The van der Waals surface area contributed by atoms with Gasteiger partial charge in [-0.1, -0.05) is 21.6 Å². The van der Waals surface area contributed by atoms with Crippen LogP contribution in [0.2, 0.25) is 0 Å². The number of nitrogens with two attached hydrogens (primary N) is 1. The van der Waals surface area contributed by atoms with E-state index in [-0.39, 0.29) is 12.4 Å². The second-order valence-electron chi connectivity index (χ2n) is 3.44. The smallest absolute Gasteiger partial charge is 0.321 e. The number of carboxylic acid groups (broad SMARTS) is 2. The van der Waals surface area contributed by atoms with Crippen LogP contribution in [-0.2, 0) is 9.59 Å². The first-order valence-electron chi connectivity index (χ1n) is 5.29. The lowest BCUT2D eigenvalue weighted by Gasteiger charge is -2.13. The highest BCUT2D eigenvalue weighted by atomic mass is 33.1. The molecule has 0 saturated heterocycles. The summed E-state index contributed by atoms with van der Waals surface area (Å²) >= 11 is 0. The molecule has 9 heteroatoms. The van der Waals surface area contributed by atoms with E-state index in [1.54, 1.807) is 0 Å².